The lowest BCUT2D eigenvalue weighted by molar-refractivity contribution is -0.0702. The minimum Gasteiger partial charge on any atom is -0.385 e. The van der Waals surface area contributed by atoms with Gasteiger partial charge in [0.15, 0.2) is 0 Å². The van der Waals surface area contributed by atoms with E-state index in [4.69, 9.17) is 4.74 Å². The first kappa shape index (κ1) is 18.3. The molecule has 0 saturated heterocycles. The molecule has 0 aromatic heterocycles. The molecule has 2 heteroatoms. The summed E-state index contributed by atoms with van der Waals surface area (Å²) >= 11 is 0. The van der Waals surface area contributed by atoms with Crippen LogP contribution in [0.1, 0.15) is 77.6 Å². The van der Waals surface area contributed by atoms with Crippen molar-refractivity contribution in [3.63, 3.8) is 0 Å². The highest BCUT2D eigenvalue weighted by Gasteiger charge is 2.56. The van der Waals surface area contributed by atoms with Crippen LogP contribution in [0.5, 0.6) is 0 Å². The largest absolute Gasteiger partial charge is 0.385 e. The molecule has 0 spiro atoms. The standard InChI is InChI=1S/C23H39FO/c1-23-12-11-20-19-8-5-16(15-24)14-17(19)6-9-21(20)22(23)10-7-18(23)4-3-13-25-2/h16-22H,3-15H2,1-2H3/t16-,17+,18?,19-,20?,21+,22?,23+/m0/s1. The van der Waals surface area contributed by atoms with Crippen LogP contribution >= 0.6 is 0 Å². The van der Waals surface area contributed by atoms with Gasteiger partial charge in [-0.25, -0.2) is 0 Å². The maximum atomic E-state index is 13.2. The third-order valence-corrected chi connectivity index (χ3v) is 9.38. The van der Waals surface area contributed by atoms with Crippen molar-refractivity contribution in [1.29, 1.82) is 0 Å². The molecule has 0 bridgehead atoms. The molecule has 4 saturated carbocycles. The second-order valence-corrected chi connectivity index (χ2v) is 10.2. The zero-order valence-electron chi connectivity index (χ0n) is 16.5. The summed E-state index contributed by atoms with van der Waals surface area (Å²) in [6.07, 6.45) is 15.1. The van der Waals surface area contributed by atoms with Gasteiger partial charge in [0.05, 0.1) is 6.67 Å². The minimum absolute atomic E-state index is 0.0683. The van der Waals surface area contributed by atoms with E-state index in [1.807, 2.05) is 7.11 Å². The molecule has 4 fully saturated rings. The number of hydrogen-bond donors (Lipinski definition) is 0. The van der Waals surface area contributed by atoms with Gasteiger partial charge in [0.2, 0.25) is 0 Å². The summed E-state index contributed by atoms with van der Waals surface area (Å²) in [6, 6.07) is 0. The molecule has 4 aliphatic carbocycles. The van der Waals surface area contributed by atoms with Crippen LogP contribution in [0.4, 0.5) is 4.39 Å². The fourth-order valence-electron chi connectivity index (χ4n) is 8.15. The Morgan fingerprint density at radius 3 is 2.60 bits per heavy atom. The van der Waals surface area contributed by atoms with E-state index in [1.54, 1.807) is 0 Å². The smallest absolute Gasteiger partial charge is 0.0922 e. The van der Waals surface area contributed by atoms with Crippen molar-refractivity contribution in [3.8, 4) is 0 Å². The Bertz CT molecular complexity index is 451. The summed E-state index contributed by atoms with van der Waals surface area (Å²) in [7, 11) is 1.83. The Morgan fingerprint density at radius 1 is 0.960 bits per heavy atom. The van der Waals surface area contributed by atoms with Crippen molar-refractivity contribution in [2.75, 3.05) is 20.4 Å². The number of rotatable bonds is 5. The molecule has 0 amide bonds. The molecular formula is C23H39FO. The number of ether oxygens (including phenoxy) is 1. The summed E-state index contributed by atoms with van der Waals surface area (Å²) in [5.41, 5.74) is 0.609. The molecule has 4 aliphatic rings. The molecule has 1 nitrogen and oxygen atoms in total. The monoisotopic (exact) mass is 350 g/mol. The fourth-order valence-corrected chi connectivity index (χ4v) is 8.15. The quantitative estimate of drug-likeness (QED) is 0.531. The lowest BCUT2D eigenvalue weighted by Crippen LogP contribution is -2.48. The van der Waals surface area contributed by atoms with E-state index in [2.05, 4.69) is 6.92 Å². The molecule has 0 N–H and O–H groups in total. The average Bonchev–Trinajstić information content (AvgIpc) is 2.98. The first-order chi connectivity index (χ1) is 12.2. The summed E-state index contributed by atoms with van der Waals surface area (Å²) in [6.45, 7) is 3.51. The molecule has 25 heavy (non-hydrogen) atoms. The van der Waals surface area contributed by atoms with Crippen LogP contribution in [0.25, 0.3) is 0 Å². The molecule has 3 unspecified atom stereocenters. The Hall–Kier alpha value is -0.110. The van der Waals surface area contributed by atoms with Gasteiger partial charge in [-0.1, -0.05) is 6.92 Å². The van der Waals surface area contributed by atoms with Crippen molar-refractivity contribution in [2.45, 2.75) is 77.6 Å². The van der Waals surface area contributed by atoms with Crippen molar-refractivity contribution in [2.24, 2.45) is 46.8 Å². The van der Waals surface area contributed by atoms with Crippen molar-refractivity contribution in [1.82, 2.24) is 0 Å². The van der Waals surface area contributed by atoms with Crippen LogP contribution < -0.4 is 0 Å². The lowest BCUT2D eigenvalue weighted by Gasteiger charge is -2.56. The number of alkyl halides is 1. The summed E-state index contributed by atoms with van der Waals surface area (Å²) in [5.74, 6) is 6.10. The van der Waals surface area contributed by atoms with Gasteiger partial charge >= 0.3 is 0 Å². The van der Waals surface area contributed by atoms with E-state index >= 15 is 0 Å². The molecule has 8 atom stereocenters. The highest BCUT2D eigenvalue weighted by atomic mass is 19.1. The molecule has 0 aliphatic heterocycles. The van der Waals surface area contributed by atoms with Crippen LogP contribution in [0.15, 0.2) is 0 Å². The Kier molecular flexibility index (Phi) is 5.47. The summed E-state index contributed by atoms with van der Waals surface area (Å²) < 4.78 is 18.5. The maximum Gasteiger partial charge on any atom is 0.0922 e. The third kappa shape index (κ3) is 3.19. The summed E-state index contributed by atoms with van der Waals surface area (Å²) in [5, 5.41) is 0. The SMILES string of the molecule is COCCCC1CCC2[C@@H]3CC[C@@H]4C[C@@H](CF)CC[C@@H]4C3CC[C@]12C. The van der Waals surface area contributed by atoms with Gasteiger partial charge in [0.1, 0.15) is 0 Å². The first-order valence-electron chi connectivity index (χ1n) is 11.2. The van der Waals surface area contributed by atoms with E-state index in [9.17, 15) is 4.39 Å². The van der Waals surface area contributed by atoms with Gasteiger partial charge in [-0.3, -0.25) is 4.39 Å². The molecule has 0 aromatic carbocycles. The molecular weight excluding hydrogens is 311 g/mol. The van der Waals surface area contributed by atoms with Crippen LogP contribution in [0.3, 0.4) is 0 Å². The third-order valence-electron chi connectivity index (χ3n) is 9.38. The fraction of sp³-hybridized carbons (Fsp3) is 1.00. The highest BCUT2D eigenvalue weighted by Crippen LogP contribution is 2.65. The van der Waals surface area contributed by atoms with Gasteiger partial charge < -0.3 is 4.74 Å². The van der Waals surface area contributed by atoms with E-state index in [0.29, 0.717) is 11.3 Å². The Balaban J connectivity index is 1.43. The van der Waals surface area contributed by atoms with Gasteiger partial charge in [-0.2, -0.15) is 0 Å². The van der Waals surface area contributed by atoms with Gasteiger partial charge in [-0.05, 0) is 117 Å². The van der Waals surface area contributed by atoms with E-state index < -0.39 is 0 Å². The first-order valence-corrected chi connectivity index (χ1v) is 11.2. The topological polar surface area (TPSA) is 9.23 Å². The number of halogens is 1. The lowest BCUT2D eigenvalue weighted by atomic mass is 9.49. The molecule has 144 valence electrons. The number of methoxy groups -OCH3 is 1. The van der Waals surface area contributed by atoms with E-state index in [0.717, 1.165) is 42.1 Å². The highest BCUT2D eigenvalue weighted by molar-refractivity contribution is 5.05. The maximum absolute atomic E-state index is 13.2. The molecule has 0 radical (unpaired) electrons. The van der Waals surface area contributed by atoms with Gasteiger partial charge in [0, 0.05) is 13.7 Å². The average molecular weight is 351 g/mol. The molecule has 0 aromatic rings. The van der Waals surface area contributed by atoms with Crippen LogP contribution in [-0.2, 0) is 4.74 Å². The van der Waals surface area contributed by atoms with Crippen LogP contribution in [0.2, 0.25) is 0 Å². The predicted octanol–water partition coefficient (Wildman–Crippen LogP) is 6.27. The van der Waals surface area contributed by atoms with Crippen LogP contribution in [0, 0.1) is 46.8 Å². The Labute approximate surface area is 154 Å². The normalized spacial score (nSPS) is 49.3. The van der Waals surface area contributed by atoms with Crippen molar-refractivity contribution >= 4 is 0 Å². The number of fused-ring (bicyclic) bond motifs is 5. The van der Waals surface area contributed by atoms with E-state index in [-0.39, 0.29) is 6.67 Å². The Morgan fingerprint density at radius 2 is 1.80 bits per heavy atom. The summed E-state index contributed by atoms with van der Waals surface area (Å²) in [4.78, 5) is 0. The van der Waals surface area contributed by atoms with Gasteiger partial charge in [0.25, 0.3) is 0 Å². The van der Waals surface area contributed by atoms with E-state index in [1.165, 1.54) is 70.6 Å². The predicted molar refractivity (Wildman–Crippen MR) is 101 cm³/mol. The zero-order chi connectivity index (χ0) is 17.4. The molecule has 4 rings (SSSR count). The second kappa shape index (κ2) is 7.49. The number of hydrogen-bond acceptors (Lipinski definition) is 1. The molecule has 0 heterocycles. The zero-order valence-corrected chi connectivity index (χ0v) is 16.5. The van der Waals surface area contributed by atoms with Crippen molar-refractivity contribution < 1.29 is 9.13 Å². The minimum atomic E-state index is -0.0683. The van der Waals surface area contributed by atoms with Crippen molar-refractivity contribution in [3.05, 3.63) is 0 Å². The second-order valence-electron chi connectivity index (χ2n) is 10.2. The van der Waals surface area contributed by atoms with Crippen LogP contribution in [-0.4, -0.2) is 20.4 Å². The van der Waals surface area contributed by atoms with Gasteiger partial charge in [-0.15, -0.1) is 0 Å².